The average molecular weight is 631 g/mol. The van der Waals surface area contributed by atoms with Gasteiger partial charge in [0.1, 0.15) is 12.6 Å². The van der Waals surface area contributed by atoms with Crippen molar-refractivity contribution in [3.8, 4) is 0 Å². The van der Waals surface area contributed by atoms with Crippen LogP contribution in [0.1, 0.15) is 23.6 Å². The molecule has 0 fully saturated rings. The number of alkyl halides is 3. The van der Waals surface area contributed by atoms with Gasteiger partial charge in [0.25, 0.3) is 0 Å². The number of carbonyl (C=O) groups excluding carboxylic acids is 2. The van der Waals surface area contributed by atoms with Crippen LogP contribution < -0.4 is 9.62 Å². The number of anilines is 1. The van der Waals surface area contributed by atoms with E-state index < -0.39 is 46.2 Å². The van der Waals surface area contributed by atoms with E-state index in [0.717, 1.165) is 30.0 Å². The van der Waals surface area contributed by atoms with Crippen LogP contribution in [-0.4, -0.2) is 50.5 Å². The quantitative estimate of drug-likeness (QED) is 0.301. The molecule has 0 radical (unpaired) electrons. The molecule has 3 aromatic rings. The van der Waals surface area contributed by atoms with E-state index in [1.165, 1.54) is 17.0 Å². The molecule has 13 heteroatoms. The molecule has 7 nitrogen and oxygen atoms in total. The van der Waals surface area contributed by atoms with E-state index in [-0.39, 0.29) is 35.2 Å². The lowest BCUT2D eigenvalue weighted by Gasteiger charge is -2.33. The molecule has 1 N–H and O–H groups in total. The Morgan fingerprint density at radius 3 is 2.20 bits per heavy atom. The van der Waals surface area contributed by atoms with Gasteiger partial charge in [-0.25, -0.2) is 8.42 Å². The SMILES string of the molecule is CCNC(=O)C(Cc1ccccc1)N(Cc1ccc(Cl)c(Cl)c1)C(=O)CN(c1cccc(C(F)(F)F)c1)S(C)(=O)=O. The maximum absolute atomic E-state index is 13.9. The van der Waals surface area contributed by atoms with Crippen molar-refractivity contribution in [2.24, 2.45) is 0 Å². The molecule has 41 heavy (non-hydrogen) atoms. The third kappa shape index (κ3) is 8.85. The Morgan fingerprint density at radius 1 is 0.927 bits per heavy atom. The van der Waals surface area contributed by atoms with Gasteiger partial charge in [0.2, 0.25) is 21.8 Å². The van der Waals surface area contributed by atoms with Crippen LogP contribution in [0.4, 0.5) is 18.9 Å². The summed E-state index contributed by atoms with van der Waals surface area (Å²) in [6.45, 7) is 0.955. The van der Waals surface area contributed by atoms with Crippen LogP contribution >= 0.6 is 23.2 Å². The smallest absolute Gasteiger partial charge is 0.355 e. The minimum Gasteiger partial charge on any atom is -0.355 e. The molecule has 1 unspecified atom stereocenters. The fourth-order valence-corrected chi connectivity index (χ4v) is 5.29. The van der Waals surface area contributed by atoms with Gasteiger partial charge >= 0.3 is 6.18 Å². The lowest BCUT2D eigenvalue weighted by molar-refractivity contribution is -0.140. The van der Waals surface area contributed by atoms with Crippen molar-refractivity contribution in [3.05, 3.63) is 99.5 Å². The first kappa shape index (κ1) is 32.2. The lowest BCUT2D eigenvalue weighted by atomic mass is 10.0. The number of carbonyl (C=O) groups is 2. The van der Waals surface area contributed by atoms with E-state index in [1.807, 2.05) is 0 Å². The van der Waals surface area contributed by atoms with Gasteiger partial charge in [0, 0.05) is 19.5 Å². The Labute approximate surface area is 246 Å². The van der Waals surface area contributed by atoms with Gasteiger partial charge in [-0.05, 0) is 48.4 Å². The molecule has 0 saturated carbocycles. The molecular weight excluding hydrogens is 602 g/mol. The number of hydrogen-bond donors (Lipinski definition) is 1. The van der Waals surface area contributed by atoms with Gasteiger partial charge in [-0.1, -0.05) is 65.7 Å². The molecule has 1 atom stereocenters. The van der Waals surface area contributed by atoms with Crippen molar-refractivity contribution in [2.75, 3.05) is 23.7 Å². The number of nitrogens with one attached hydrogen (secondary N) is 1. The van der Waals surface area contributed by atoms with Crippen LogP contribution in [0, 0.1) is 0 Å². The van der Waals surface area contributed by atoms with Gasteiger partial charge in [-0.3, -0.25) is 13.9 Å². The summed E-state index contributed by atoms with van der Waals surface area (Å²) in [5.74, 6) is -1.30. The normalized spacial score (nSPS) is 12.5. The molecule has 0 saturated heterocycles. The highest BCUT2D eigenvalue weighted by Crippen LogP contribution is 2.32. The molecule has 3 aromatic carbocycles. The van der Waals surface area contributed by atoms with Crippen LogP contribution in [0.2, 0.25) is 10.0 Å². The number of amides is 2. The predicted octanol–water partition coefficient (Wildman–Crippen LogP) is 5.55. The van der Waals surface area contributed by atoms with Crippen molar-refractivity contribution in [3.63, 3.8) is 0 Å². The van der Waals surface area contributed by atoms with Crippen LogP contribution in [0.3, 0.4) is 0 Å². The van der Waals surface area contributed by atoms with Gasteiger partial charge in [-0.2, -0.15) is 13.2 Å². The van der Waals surface area contributed by atoms with Crippen LogP contribution in [0.15, 0.2) is 72.8 Å². The Hall–Kier alpha value is -3.28. The number of rotatable bonds is 11. The highest BCUT2D eigenvalue weighted by molar-refractivity contribution is 7.92. The number of halogens is 5. The number of likely N-dealkylation sites (N-methyl/N-ethyl adjacent to an activating group) is 1. The molecule has 3 rings (SSSR count). The fourth-order valence-electron chi connectivity index (χ4n) is 4.13. The number of sulfonamides is 1. The summed E-state index contributed by atoms with van der Waals surface area (Å²) in [4.78, 5) is 28.4. The highest BCUT2D eigenvalue weighted by atomic mass is 35.5. The summed E-state index contributed by atoms with van der Waals surface area (Å²) in [7, 11) is -4.23. The summed E-state index contributed by atoms with van der Waals surface area (Å²) in [5.41, 5.74) is -0.190. The predicted molar refractivity (Wildman–Crippen MR) is 153 cm³/mol. The fraction of sp³-hybridized carbons (Fsp3) is 0.286. The molecule has 0 aromatic heterocycles. The first-order chi connectivity index (χ1) is 19.2. The maximum atomic E-state index is 13.9. The van der Waals surface area contributed by atoms with Gasteiger partial charge in [0.15, 0.2) is 0 Å². The molecule has 0 aliphatic carbocycles. The van der Waals surface area contributed by atoms with E-state index in [2.05, 4.69) is 5.32 Å². The third-order valence-corrected chi connectivity index (χ3v) is 7.98. The largest absolute Gasteiger partial charge is 0.416 e. The topological polar surface area (TPSA) is 86.8 Å². The van der Waals surface area contributed by atoms with Crippen LogP contribution in [-0.2, 0) is 38.8 Å². The summed E-state index contributed by atoms with van der Waals surface area (Å²) in [5, 5.41) is 3.18. The monoisotopic (exact) mass is 629 g/mol. The number of benzene rings is 3. The summed E-state index contributed by atoms with van der Waals surface area (Å²) < 4.78 is 66.3. The standard InChI is InChI=1S/C28H28Cl2F3N3O4S/c1-3-34-27(38)25(15-19-8-5-4-6-9-19)35(17-20-12-13-23(29)24(30)14-20)26(37)18-36(41(2,39)40)22-11-7-10-21(16-22)28(31,32)33/h4-14,16,25H,3,15,17-18H2,1-2H3,(H,34,38). The molecule has 0 bridgehead atoms. The van der Waals surface area contributed by atoms with Crippen LogP contribution in [0.25, 0.3) is 0 Å². The van der Waals surface area contributed by atoms with E-state index >= 15 is 0 Å². The molecule has 2 amide bonds. The highest BCUT2D eigenvalue weighted by Gasteiger charge is 2.35. The van der Waals surface area contributed by atoms with E-state index in [9.17, 15) is 31.2 Å². The van der Waals surface area contributed by atoms with Crippen molar-refractivity contribution in [2.45, 2.75) is 32.1 Å². The Balaban J connectivity index is 2.08. The second-order valence-electron chi connectivity index (χ2n) is 9.19. The van der Waals surface area contributed by atoms with Gasteiger partial charge in [-0.15, -0.1) is 0 Å². The third-order valence-electron chi connectivity index (χ3n) is 6.10. The van der Waals surface area contributed by atoms with E-state index in [4.69, 9.17) is 23.2 Å². The molecule has 0 spiro atoms. The van der Waals surface area contributed by atoms with Crippen LogP contribution in [0.5, 0.6) is 0 Å². The minimum atomic E-state index is -4.73. The minimum absolute atomic E-state index is 0.0855. The summed E-state index contributed by atoms with van der Waals surface area (Å²) in [6.07, 6.45) is -3.86. The molecule has 0 aliphatic heterocycles. The second kappa shape index (κ2) is 13.6. The lowest BCUT2D eigenvalue weighted by Crippen LogP contribution is -2.53. The van der Waals surface area contributed by atoms with Crippen molar-refractivity contribution in [1.29, 1.82) is 0 Å². The van der Waals surface area contributed by atoms with Gasteiger partial charge < -0.3 is 10.2 Å². The Kier molecular flexibility index (Phi) is 10.7. The Morgan fingerprint density at radius 2 is 1.61 bits per heavy atom. The zero-order chi connectivity index (χ0) is 30.4. The van der Waals surface area contributed by atoms with E-state index in [0.29, 0.717) is 15.9 Å². The van der Waals surface area contributed by atoms with Crippen molar-refractivity contribution < 1.29 is 31.2 Å². The van der Waals surface area contributed by atoms with Crippen molar-refractivity contribution in [1.82, 2.24) is 10.2 Å². The average Bonchev–Trinajstić information content (AvgIpc) is 2.90. The number of nitrogens with zero attached hydrogens (tertiary/aromatic N) is 2. The maximum Gasteiger partial charge on any atom is 0.416 e. The zero-order valence-electron chi connectivity index (χ0n) is 22.2. The van der Waals surface area contributed by atoms with E-state index in [1.54, 1.807) is 43.3 Å². The second-order valence-corrected chi connectivity index (χ2v) is 11.9. The number of hydrogen-bond acceptors (Lipinski definition) is 4. The summed E-state index contributed by atoms with van der Waals surface area (Å²) >= 11 is 12.2. The summed E-state index contributed by atoms with van der Waals surface area (Å²) in [6, 6.07) is 16.1. The molecule has 220 valence electrons. The van der Waals surface area contributed by atoms with Crippen molar-refractivity contribution >= 4 is 50.7 Å². The molecular formula is C28H28Cl2F3N3O4S. The molecule has 0 aliphatic rings. The Bertz CT molecular complexity index is 1490. The molecule has 0 heterocycles. The zero-order valence-corrected chi connectivity index (χ0v) is 24.5. The van der Waals surface area contributed by atoms with Gasteiger partial charge in [0.05, 0.1) is 27.6 Å². The first-order valence-electron chi connectivity index (χ1n) is 12.4. The first-order valence-corrected chi connectivity index (χ1v) is 15.0.